The van der Waals surface area contributed by atoms with Crippen LogP contribution in [0, 0.1) is 0 Å². The number of aromatic hydroxyl groups is 2. The van der Waals surface area contributed by atoms with E-state index in [0.29, 0.717) is 5.56 Å². The van der Waals surface area contributed by atoms with E-state index in [2.05, 4.69) is 5.32 Å². The van der Waals surface area contributed by atoms with E-state index in [1.165, 1.54) is 12.1 Å². The summed E-state index contributed by atoms with van der Waals surface area (Å²) in [7, 11) is 0. The first kappa shape index (κ1) is 12.9. The highest BCUT2D eigenvalue weighted by atomic mass is 16.4. The summed E-state index contributed by atoms with van der Waals surface area (Å²) in [6.07, 6.45) is 3.47. The molecule has 0 spiro atoms. The van der Waals surface area contributed by atoms with Crippen LogP contribution in [0.3, 0.4) is 0 Å². The predicted octanol–water partition coefficient (Wildman–Crippen LogP) is 1.22. The van der Waals surface area contributed by atoms with Crippen LogP contribution in [0.1, 0.15) is 12.5 Å². The van der Waals surface area contributed by atoms with Gasteiger partial charge in [-0.05, 0) is 30.8 Å². The maximum Gasteiger partial charge on any atom is 0.326 e. The number of aliphatic carboxylic acids is 1. The standard InChI is InChI=1S/C12H15NO4/c1-2-5-13-9(12(16)17)6-8-3-4-10(14)11(15)7-8/h2-5,7,9,13-15H,6H2,1H3,(H,16,17)/t9-/m0/s1. The monoisotopic (exact) mass is 237 g/mol. The van der Waals surface area contributed by atoms with Crippen molar-refractivity contribution in [1.82, 2.24) is 5.32 Å². The van der Waals surface area contributed by atoms with E-state index in [1.54, 1.807) is 25.3 Å². The Bertz CT molecular complexity index is 429. The van der Waals surface area contributed by atoms with E-state index >= 15 is 0 Å². The van der Waals surface area contributed by atoms with E-state index < -0.39 is 12.0 Å². The van der Waals surface area contributed by atoms with Gasteiger partial charge in [-0.25, -0.2) is 4.79 Å². The summed E-state index contributed by atoms with van der Waals surface area (Å²) in [4.78, 5) is 11.0. The first-order chi connectivity index (χ1) is 8.04. The molecule has 0 radical (unpaired) electrons. The molecule has 1 aromatic rings. The van der Waals surface area contributed by atoms with E-state index in [9.17, 15) is 9.90 Å². The lowest BCUT2D eigenvalue weighted by Gasteiger charge is -2.13. The molecule has 0 aliphatic heterocycles. The third-order valence-electron chi connectivity index (χ3n) is 2.24. The summed E-state index contributed by atoms with van der Waals surface area (Å²) < 4.78 is 0. The number of carbonyl (C=O) groups is 1. The van der Waals surface area contributed by atoms with Crippen molar-refractivity contribution in [3.8, 4) is 11.5 Å². The number of rotatable bonds is 5. The Morgan fingerprint density at radius 1 is 1.41 bits per heavy atom. The zero-order valence-corrected chi connectivity index (χ0v) is 9.42. The molecular weight excluding hydrogens is 222 g/mol. The molecule has 0 bridgehead atoms. The Balaban J connectivity index is 2.78. The Hall–Kier alpha value is -2.17. The number of phenols is 2. The lowest BCUT2D eigenvalue weighted by atomic mass is 10.1. The molecule has 0 aliphatic carbocycles. The van der Waals surface area contributed by atoms with Crippen molar-refractivity contribution in [3.63, 3.8) is 0 Å². The van der Waals surface area contributed by atoms with Gasteiger partial charge in [-0.15, -0.1) is 0 Å². The summed E-state index contributed by atoms with van der Waals surface area (Å²) in [6.45, 7) is 1.78. The molecule has 5 nitrogen and oxygen atoms in total. The summed E-state index contributed by atoms with van der Waals surface area (Å²) in [5.41, 5.74) is 0.629. The number of phenolic OH excluding ortho intramolecular Hbond substituents is 2. The third kappa shape index (κ3) is 3.71. The Kier molecular flexibility index (Phi) is 4.39. The van der Waals surface area contributed by atoms with Crippen molar-refractivity contribution in [2.75, 3.05) is 0 Å². The highest BCUT2D eigenvalue weighted by Gasteiger charge is 2.16. The fraction of sp³-hybridized carbons (Fsp3) is 0.250. The Labute approximate surface area is 99.0 Å². The SMILES string of the molecule is CC=CN[C@@H](Cc1ccc(O)c(O)c1)C(=O)O. The molecule has 5 heteroatoms. The summed E-state index contributed by atoms with van der Waals surface area (Å²) >= 11 is 0. The van der Waals surface area contributed by atoms with Gasteiger partial charge in [0.15, 0.2) is 11.5 Å². The normalized spacial score (nSPS) is 12.5. The largest absolute Gasteiger partial charge is 0.504 e. The van der Waals surface area contributed by atoms with Crippen LogP contribution in [0.15, 0.2) is 30.5 Å². The molecule has 17 heavy (non-hydrogen) atoms. The van der Waals surface area contributed by atoms with Crippen LogP contribution in [0.5, 0.6) is 11.5 Å². The second-order valence-electron chi connectivity index (χ2n) is 3.58. The molecule has 0 saturated carbocycles. The number of benzene rings is 1. The van der Waals surface area contributed by atoms with Gasteiger partial charge in [0.05, 0.1) is 0 Å². The van der Waals surface area contributed by atoms with E-state index in [4.69, 9.17) is 10.2 Å². The van der Waals surface area contributed by atoms with Crippen molar-refractivity contribution >= 4 is 5.97 Å². The number of allylic oxidation sites excluding steroid dienone is 1. The highest BCUT2D eigenvalue weighted by Crippen LogP contribution is 2.25. The van der Waals surface area contributed by atoms with Crippen LogP contribution in [0.4, 0.5) is 0 Å². The molecule has 1 atom stereocenters. The lowest BCUT2D eigenvalue weighted by molar-refractivity contribution is -0.139. The molecule has 0 amide bonds. The van der Waals surface area contributed by atoms with Crippen molar-refractivity contribution in [3.05, 3.63) is 36.0 Å². The second kappa shape index (κ2) is 5.79. The van der Waals surface area contributed by atoms with Crippen molar-refractivity contribution < 1.29 is 20.1 Å². The number of carboxylic acids is 1. The molecule has 0 fully saturated rings. The van der Waals surface area contributed by atoms with E-state index in [-0.39, 0.29) is 17.9 Å². The number of nitrogens with one attached hydrogen (secondary N) is 1. The zero-order valence-electron chi connectivity index (χ0n) is 9.42. The van der Waals surface area contributed by atoms with Crippen LogP contribution in [0.2, 0.25) is 0 Å². The Morgan fingerprint density at radius 2 is 2.12 bits per heavy atom. The van der Waals surface area contributed by atoms with E-state index in [0.717, 1.165) is 0 Å². The van der Waals surface area contributed by atoms with Crippen LogP contribution < -0.4 is 5.32 Å². The minimum atomic E-state index is -0.976. The average Bonchev–Trinajstić information content (AvgIpc) is 2.28. The smallest absolute Gasteiger partial charge is 0.326 e. The van der Waals surface area contributed by atoms with Gasteiger partial charge in [0.25, 0.3) is 0 Å². The molecule has 1 aromatic carbocycles. The topological polar surface area (TPSA) is 89.8 Å². The van der Waals surface area contributed by atoms with Crippen LogP contribution in [-0.4, -0.2) is 27.3 Å². The summed E-state index contributed by atoms with van der Waals surface area (Å²) in [5, 5.41) is 30.1. The zero-order chi connectivity index (χ0) is 12.8. The van der Waals surface area contributed by atoms with Gasteiger partial charge in [0.1, 0.15) is 6.04 Å². The molecule has 0 saturated heterocycles. The van der Waals surface area contributed by atoms with Gasteiger partial charge in [-0.2, -0.15) is 0 Å². The second-order valence-corrected chi connectivity index (χ2v) is 3.58. The number of hydrogen-bond acceptors (Lipinski definition) is 4. The third-order valence-corrected chi connectivity index (χ3v) is 2.24. The van der Waals surface area contributed by atoms with E-state index in [1.807, 2.05) is 0 Å². The molecule has 0 aliphatic rings. The maximum atomic E-state index is 11.0. The van der Waals surface area contributed by atoms with Crippen LogP contribution in [-0.2, 0) is 11.2 Å². The van der Waals surface area contributed by atoms with Crippen molar-refractivity contribution in [1.29, 1.82) is 0 Å². The Morgan fingerprint density at radius 3 is 2.65 bits per heavy atom. The molecule has 0 heterocycles. The minimum absolute atomic E-state index is 0.216. The molecule has 1 rings (SSSR count). The summed E-state index contributed by atoms with van der Waals surface area (Å²) in [6, 6.07) is 3.49. The first-order valence-electron chi connectivity index (χ1n) is 5.15. The highest BCUT2D eigenvalue weighted by molar-refractivity contribution is 5.74. The molecular formula is C12H15NO4. The average molecular weight is 237 g/mol. The fourth-order valence-electron chi connectivity index (χ4n) is 1.36. The molecule has 92 valence electrons. The quantitative estimate of drug-likeness (QED) is 0.578. The number of hydrogen-bond donors (Lipinski definition) is 4. The van der Waals surface area contributed by atoms with Crippen LogP contribution in [0.25, 0.3) is 0 Å². The van der Waals surface area contributed by atoms with Gasteiger partial charge in [0, 0.05) is 6.42 Å². The van der Waals surface area contributed by atoms with Gasteiger partial charge < -0.3 is 20.6 Å². The van der Waals surface area contributed by atoms with Crippen molar-refractivity contribution in [2.45, 2.75) is 19.4 Å². The van der Waals surface area contributed by atoms with Gasteiger partial charge in [0.2, 0.25) is 0 Å². The molecule has 0 aromatic heterocycles. The van der Waals surface area contributed by atoms with Gasteiger partial charge in [-0.3, -0.25) is 0 Å². The van der Waals surface area contributed by atoms with Gasteiger partial charge in [-0.1, -0.05) is 12.1 Å². The maximum absolute atomic E-state index is 11.0. The lowest BCUT2D eigenvalue weighted by Crippen LogP contribution is -2.35. The first-order valence-corrected chi connectivity index (χ1v) is 5.15. The minimum Gasteiger partial charge on any atom is -0.504 e. The van der Waals surface area contributed by atoms with Gasteiger partial charge >= 0.3 is 5.97 Å². The van der Waals surface area contributed by atoms with Crippen LogP contribution >= 0.6 is 0 Å². The predicted molar refractivity (Wildman–Crippen MR) is 62.8 cm³/mol. The number of carboxylic acid groups (broad SMARTS) is 1. The summed E-state index contributed by atoms with van der Waals surface area (Å²) in [5.74, 6) is -1.45. The fourth-order valence-corrected chi connectivity index (χ4v) is 1.36. The van der Waals surface area contributed by atoms with Crippen molar-refractivity contribution in [2.24, 2.45) is 0 Å². The molecule has 0 unspecified atom stereocenters. The molecule has 4 N–H and O–H groups in total.